The zero-order valence-electron chi connectivity index (χ0n) is 16.1. The molecule has 0 atom stereocenters. The zero-order valence-corrected chi connectivity index (χ0v) is 17.7. The third-order valence-corrected chi connectivity index (χ3v) is 6.95. The van der Waals surface area contributed by atoms with Gasteiger partial charge in [0.15, 0.2) is 4.80 Å². The number of benzene rings is 1. The Hall–Kier alpha value is -1.63. The lowest BCUT2D eigenvalue weighted by Crippen LogP contribution is -2.27. The Bertz CT molecular complexity index is 928. The predicted octanol–water partition coefficient (Wildman–Crippen LogP) is 4.26. The van der Waals surface area contributed by atoms with E-state index in [-0.39, 0.29) is 5.91 Å². The van der Waals surface area contributed by atoms with Crippen LogP contribution in [-0.4, -0.2) is 30.8 Å². The Morgan fingerprint density at radius 3 is 2.89 bits per heavy atom. The molecule has 28 heavy (non-hydrogen) atoms. The van der Waals surface area contributed by atoms with Gasteiger partial charge in [0.1, 0.15) is 5.75 Å². The monoisotopic (exact) mass is 420 g/mol. The number of methoxy groups -OCH3 is 1. The SMILES string of the molecule is COc1ccc(Cl)cc1C(=O)N=c1sc2c(n1CC1CCOCC1)CCCC2. The molecular weight excluding hydrogens is 396 g/mol. The maximum Gasteiger partial charge on any atom is 0.283 e. The molecule has 1 fully saturated rings. The molecule has 1 aromatic heterocycles. The Kier molecular flexibility index (Phi) is 6.19. The third kappa shape index (κ3) is 4.19. The van der Waals surface area contributed by atoms with Gasteiger partial charge in [0, 0.05) is 35.4 Å². The molecule has 1 amide bonds. The van der Waals surface area contributed by atoms with E-state index < -0.39 is 0 Å². The predicted molar refractivity (Wildman–Crippen MR) is 110 cm³/mol. The number of aryl methyl sites for hydroxylation is 1. The molecule has 2 aromatic rings. The lowest BCUT2D eigenvalue weighted by Gasteiger charge is -2.24. The fraction of sp³-hybridized carbons (Fsp3) is 0.524. The topological polar surface area (TPSA) is 52.8 Å². The van der Waals surface area contributed by atoms with Gasteiger partial charge in [-0.25, -0.2) is 0 Å². The molecule has 1 aliphatic heterocycles. The summed E-state index contributed by atoms with van der Waals surface area (Å²) in [6.07, 6.45) is 6.69. The number of rotatable bonds is 4. The Morgan fingerprint density at radius 1 is 1.32 bits per heavy atom. The number of hydrogen-bond acceptors (Lipinski definition) is 4. The average Bonchev–Trinajstić information content (AvgIpc) is 3.06. The highest BCUT2D eigenvalue weighted by molar-refractivity contribution is 7.09. The molecule has 0 radical (unpaired) electrons. The average molecular weight is 421 g/mol. The number of carbonyl (C=O) groups excluding carboxylic acids is 1. The molecule has 4 rings (SSSR count). The van der Waals surface area contributed by atoms with Crippen LogP contribution >= 0.6 is 22.9 Å². The van der Waals surface area contributed by atoms with Crippen LogP contribution in [0.2, 0.25) is 5.02 Å². The molecule has 2 aliphatic rings. The van der Waals surface area contributed by atoms with E-state index in [1.165, 1.54) is 23.4 Å². The summed E-state index contributed by atoms with van der Waals surface area (Å²) in [5.74, 6) is 0.762. The molecule has 2 heterocycles. The van der Waals surface area contributed by atoms with Crippen molar-refractivity contribution < 1.29 is 14.3 Å². The molecule has 0 unspecified atom stereocenters. The van der Waals surface area contributed by atoms with E-state index >= 15 is 0 Å². The first-order chi connectivity index (χ1) is 13.7. The number of amides is 1. The minimum atomic E-state index is -0.307. The van der Waals surface area contributed by atoms with Gasteiger partial charge in [-0.2, -0.15) is 4.99 Å². The minimum Gasteiger partial charge on any atom is -0.496 e. The van der Waals surface area contributed by atoms with Crippen molar-refractivity contribution in [2.45, 2.75) is 45.1 Å². The van der Waals surface area contributed by atoms with E-state index in [4.69, 9.17) is 21.1 Å². The van der Waals surface area contributed by atoms with Crippen LogP contribution in [0.25, 0.3) is 0 Å². The highest BCUT2D eigenvalue weighted by Crippen LogP contribution is 2.27. The second kappa shape index (κ2) is 8.80. The summed E-state index contributed by atoms with van der Waals surface area (Å²) in [7, 11) is 1.55. The van der Waals surface area contributed by atoms with Crippen molar-refractivity contribution in [1.29, 1.82) is 0 Å². The first kappa shape index (κ1) is 19.7. The lowest BCUT2D eigenvalue weighted by atomic mass is 9.99. The van der Waals surface area contributed by atoms with Crippen molar-refractivity contribution in [2.24, 2.45) is 10.9 Å². The summed E-state index contributed by atoms with van der Waals surface area (Å²) in [4.78, 5) is 19.7. The van der Waals surface area contributed by atoms with Gasteiger partial charge < -0.3 is 14.0 Å². The summed E-state index contributed by atoms with van der Waals surface area (Å²) < 4.78 is 13.1. The van der Waals surface area contributed by atoms with E-state index in [9.17, 15) is 4.79 Å². The normalized spacial score (nSPS) is 18.1. The quantitative estimate of drug-likeness (QED) is 0.742. The fourth-order valence-electron chi connectivity index (χ4n) is 3.99. The molecule has 0 N–H and O–H groups in total. The maximum absolute atomic E-state index is 13.0. The van der Waals surface area contributed by atoms with Crippen LogP contribution in [0.1, 0.15) is 46.6 Å². The molecule has 5 nitrogen and oxygen atoms in total. The van der Waals surface area contributed by atoms with E-state index in [1.54, 1.807) is 36.6 Å². The van der Waals surface area contributed by atoms with Crippen LogP contribution in [-0.2, 0) is 24.1 Å². The second-order valence-electron chi connectivity index (χ2n) is 7.39. The number of thiazole rings is 1. The summed E-state index contributed by atoms with van der Waals surface area (Å²) in [6, 6.07) is 5.05. The molecule has 1 aliphatic carbocycles. The van der Waals surface area contributed by atoms with E-state index in [0.29, 0.717) is 22.3 Å². The van der Waals surface area contributed by atoms with Crippen LogP contribution in [0.5, 0.6) is 5.75 Å². The molecular formula is C21H25ClN2O3S. The molecule has 7 heteroatoms. The molecule has 1 aromatic carbocycles. The van der Waals surface area contributed by atoms with Crippen molar-refractivity contribution in [2.75, 3.05) is 20.3 Å². The number of carbonyl (C=O) groups is 1. The molecule has 0 bridgehead atoms. The third-order valence-electron chi connectivity index (χ3n) is 5.53. The standard InChI is InChI=1S/C21H25ClN2O3S/c1-26-18-7-6-15(22)12-16(18)20(25)23-21-24(13-14-8-10-27-11-9-14)17-4-2-3-5-19(17)28-21/h6-7,12,14H,2-5,8-11,13H2,1H3. The van der Waals surface area contributed by atoms with Gasteiger partial charge >= 0.3 is 0 Å². The first-order valence-electron chi connectivity index (χ1n) is 9.87. The van der Waals surface area contributed by atoms with Gasteiger partial charge in [-0.1, -0.05) is 11.6 Å². The number of fused-ring (bicyclic) bond motifs is 1. The second-order valence-corrected chi connectivity index (χ2v) is 8.89. The highest BCUT2D eigenvalue weighted by Gasteiger charge is 2.22. The van der Waals surface area contributed by atoms with Gasteiger partial charge in [-0.15, -0.1) is 11.3 Å². The largest absolute Gasteiger partial charge is 0.496 e. The van der Waals surface area contributed by atoms with Crippen molar-refractivity contribution in [3.8, 4) is 5.75 Å². The lowest BCUT2D eigenvalue weighted by molar-refractivity contribution is 0.0607. The maximum atomic E-state index is 13.0. The molecule has 150 valence electrons. The summed E-state index contributed by atoms with van der Waals surface area (Å²) in [5, 5.41) is 0.500. The number of ether oxygens (including phenoxy) is 2. The summed E-state index contributed by atoms with van der Waals surface area (Å²) in [6.45, 7) is 2.55. The highest BCUT2D eigenvalue weighted by atomic mass is 35.5. The van der Waals surface area contributed by atoms with Crippen LogP contribution in [0, 0.1) is 5.92 Å². The minimum absolute atomic E-state index is 0.307. The smallest absolute Gasteiger partial charge is 0.283 e. The zero-order chi connectivity index (χ0) is 19.5. The van der Waals surface area contributed by atoms with E-state index in [2.05, 4.69) is 9.56 Å². The fourth-order valence-corrected chi connectivity index (χ4v) is 5.38. The van der Waals surface area contributed by atoms with E-state index in [0.717, 1.165) is 50.2 Å². The van der Waals surface area contributed by atoms with Crippen molar-refractivity contribution in [3.63, 3.8) is 0 Å². The number of aromatic nitrogens is 1. The van der Waals surface area contributed by atoms with Gasteiger partial charge in [-0.05, 0) is 62.6 Å². The van der Waals surface area contributed by atoms with Gasteiger partial charge in [0.2, 0.25) is 0 Å². The summed E-state index contributed by atoms with van der Waals surface area (Å²) >= 11 is 7.76. The van der Waals surface area contributed by atoms with Crippen molar-refractivity contribution in [3.05, 3.63) is 44.2 Å². The Balaban J connectivity index is 1.73. The van der Waals surface area contributed by atoms with Crippen LogP contribution in [0.4, 0.5) is 0 Å². The molecule has 1 saturated heterocycles. The Labute approximate surface area is 174 Å². The van der Waals surface area contributed by atoms with Crippen molar-refractivity contribution in [1.82, 2.24) is 4.57 Å². The first-order valence-corrected chi connectivity index (χ1v) is 11.1. The number of hydrogen-bond donors (Lipinski definition) is 0. The van der Waals surface area contributed by atoms with Crippen LogP contribution in [0.3, 0.4) is 0 Å². The molecule has 0 saturated carbocycles. The summed E-state index contributed by atoms with van der Waals surface area (Å²) in [5.41, 5.74) is 1.77. The van der Waals surface area contributed by atoms with Gasteiger partial charge in [0.25, 0.3) is 5.91 Å². The van der Waals surface area contributed by atoms with Crippen LogP contribution in [0.15, 0.2) is 23.2 Å². The molecule has 0 spiro atoms. The van der Waals surface area contributed by atoms with Crippen molar-refractivity contribution >= 4 is 28.8 Å². The Morgan fingerprint density at radius 2 is 2.11 bits per heavy atom. The van der Waals surface area contributed by atoms with Crippen LogP contribution < -0.4 is 9.54 Å². The van der Waals surface area contributed by atoms with E-state index in [1.807, 2.05) is 0 Å². The van der Waals surface area contributed by atoms with Gasteiger partial charge in [0.05, 0.1) is 12.7 Å². The van der Waals surface area contributed by atoms with Gasteiger partial charge in [-0.3, -0.25) is 4.79 Å². The number of nitrogens with zero attached hydrogens (tertiary/aromatic N) is 2. The number of halogens is 1.